The molecule has 11 heavy (non-hydrogen) atoms. The molecule has 0 heterocycles. The lowest BCUT2D eigenvalue weighted by molar-refractivity contribution is -0.0584. The number of aliphatic hydroxyl groups excluding tert-OH is 1. The molecule has 0 aliphatic heterocycles. The number of rotatable bonds is 4. The number of aliphatic hydroxyl groups is 2. The van der Waals surface area contributed by atoms with E-state index in [-0.39, 0.29) is 12.6 Å². The first kappa shape index (κ1) is 11.1. The Hall–Kier alpha value is 0.0700. The fourth-order valence-electron chi connectivity index (χ4n) is 0.538. The van der Waals surface area contributed by atoms with E-state index < -0.39 is 19.7 Å². The Morgan fingerprint density at radius 1 is 1.55 bits per heavy atom. The molecule has 5 N–H and O–H groups in total. The summed E-state index contributed by atoms with van der Waals surface area (Å²) >= 11 is 0. The molecule has 0 aliphatic rings. The zero-order chi connectivity index (χ0) is 9.07. The topological polar surface area (TPSA) is 104 Å². The van der Waals surface area contributed by atoms with Gasteiger partial charge >= 0.3 is 0 Å². The van der Waals surface area contributed by atoms with Crippen molar-refractivity contribution in [3.63, 3.8) is 0 Å². The van der Waals surface area contributed by atoms with E-state index in [1.807, 2.05) is 0 Å². The molecule has 0 saturated heterocycles. The van der Waals surface area contributed by atoms with E-state index in [0.717, 1.165) is 0 Å². The van der Waals surface area contributed by atoms with Gasteiger partial charge in [-0.3, -0.25) is 4.57 Å². The maximum atomic E-state index is 10.7. The second-order valence-corrected chi connectivity index (χ2v) is 5.19. The van der Waals surface area contributed by atoms with Crippen LogP contribution >= 0.6 is 7.37 Å². The molecule has 68 valence electrons. The Bertz CT molecular complexity index is 155. The van der Waals surface area contributed by atoms with Crippen LogP contribution in [0.25, 0.3) is 0 Å². The van der Waals surface area contributed by atoms with Crippen LogP contribution in [0.4, 0.5) is 0 Å². The first-order chi connectivity index (χ1) is 4.83. The average Bonchev–Trinajstić information content (AvgIpc) is 1.80. The average molecular weight is 183 g/mol. The van der Waals surface area contributed by atoms with Gasteiger partial charge in [0.25, 0.3) is 0 Å². The Kier molecular flexibility index (Phi) is 4.21. The van der Waals surface area contributed by atoms with Gasteiger partial charge in [-0.15, -0.1) is 0 Å². The van der Waals surface area contributed by atoms with Crippen LogP contribution in [0.2, 0.25) is 0 Å². The summed E-state index contributed by atoms with van der Waals surface area (Å²) in [5.41, 5.74) is 5.19. The largest absolute Gasteiger partial charge is 0.367 e. The minimum Gasteiger partial charge on any atom is -0.367 e. The van der Waals surface area contributed by atoms with Crippen molar-refractivity contribution in [2.24, 2.45) is 5.73 Å². The van der Waals surface area contributed by atoms with Gasteiger partial charge in [0.1, 0.15) is 0 Å². The number of hydrogen-bond acceptors (Lipinski definition) is 4. The lowest BCUT2D eigenvalue weighted by atomic mass is 10.2. The molecule has 0 saturated carbocycles. The summed E-state index contributed by atoms with van der Waals surface area (Å²) < 4.78 is 10.7. The third-order valence-corrected chi connectivity index (χ3v) is 2.35. The second kappa shape index (κ2) is 4.18. The molecule has 0 fully saturated rings. The van der Waals surface area contributed by atoms with Crippen LogP contribution in [0, 0.1) is 0 Å². The first-order valence-corrected chi connectivity index (χ1v) is 5.53. The Morgan fingerprint density at radius 2 is 2.00 bits per heavy atom. The molecule has 0 rings (SSSR count). The van der Waals surface area contributed by atoms with Gasteiger partial charge in [-0.2, -0.15) is 0 Å². The van der Waals surface area contributed by atoms with E-state index in [1.54, 1.807) is 0 Å². The van der Waals surface area contributed by atoms with Crippen molar-refractivity contribution in [3.05, 3.63) is 0 Å². The summed E-state index contributed by atoms with van der Waals surface area (Å²) in [7, 11) is -3.06. The fourth-order valence-corrected chi connectivity index (χ4v) is 1.31. The zero-order valence-electron chi connectivity index (χ0n) is 6.34. The van der Waals surface area contributed by atoms with E-state index in [4.69, 9.17) is 20.8 Å². The van der Waals surface area contributed by atoms with Gasteiger partial charge in [0, 0.05) is 12.8 Å². The molecule has 0 aromatic heterocycles. The highest BCUT2D eigenvalue weighted by Gasteiger charge is 2.16. The monoisotopic (exact) mass is 183 g/mol. The van der Waals surface area contributed by atoms with Crippen molar-refractivity contribution in [1.29, 1.82) is 0 Å². The van der Waals surface area contributed by atoms with Crippen LogP contribution in [-0.4, -0.2) is 40.3 Å². The van der Waals surface area contributed by atoms with Gasteiger partial charge in [-0.1, -0.05) is 0 Å². The SMILES string of the molecule is CP(=O)(O)CC[C@H](N)C(O)O. The first-order valence-electron chi connectivity index (χ1n) is 3.24. The van der Waals surface area contributed by atoms with Crippen molar-refractivity contribution in [2.45, 2.75) is 18.8 Å². The summed E-state index contributed by atoms with van der Waals surface area (Å²) in [5, 5.41) is 17.0. The van der Waals surface area contributed by atoms with Crippen LogP contribution in [-0.2, 0) is 4.57 Å². The van der Waals surface area contributed by atoms with Gasteiger partial charge in [0.05, 0.1) is 6.04 Å². The van der Waals surface area contributed by atoms with E-state index >= 15 is 0 Å². The Morgan fingerprint density at radius 3 is 2.27 bits per heavy atom. The summed E-state index contributed by atoms with van der Waals surface area (Å²) in [6.45, 7) is 1.21. The molecule has 0 bridgehead atoms. The normalized spacial score (nSPS) is 19.8. The molecule has 0 spiro atoms. The Balaban J connectivity index is 3.63. The molecule has 1 unspecified atom stereocenters. The minimum absolute atomic E-state index is 0.0196. The number of hydrogen-bond donors (Lipinski definition) is 4. The van der Waals surface area contributed by atoms with E-state index in [2.05, 4.69) is 0 Å². The second-order valence-electron chi connectivity index (χ2n) is 2.64. The van der Waals surface area contributed by atoms with Crippen LogP contribution in [0.3, 0.4) is 0 Å². The third-order valence-electron chi connectivity index (χ3n) is 1.26. The third kappa shape index (κ3) is 6.47. The van der Waals surface area contributed by atoms with Gasteiger partial charge in [0.15, 0.2) is 13.7 Å². The molecule has 0 aliphatic carbocycles. The predicted molar refractivity (Wildman–Crippen MR) is 41.4 cm³/mol. The highest BCUT2D eigenvalue weighted by molar-refractivity contribution is 7.57. The van der Waals surface area contributed by atoms with Crippen molar-refractivity contribution in [1.82, 2.24) is 0 Å². The molecular formula is C5H14NO4P. The van der Waals surface area contributed by atoms with Crippen molar-refractivity contribution in [3.8, 4) is 0 Å². The van der Waals surface area contributed by atoms with Crippen LogP contribution in [0.1, 0.15) is 6.42 Å². The van der Waals surface area contributed by atoms with Gasteiger partial charge in [0.2, 0.25) is 0 Å². The molecule has 0 amide bonds. The lowest BCUT2D eigenvalue weighted by Crippen LogP contribution is -2.34. The maximum Gasteiger partial charge on any atom is 0.197 e. The summed E-state index contributed by atoms with van der Waals surface area (Å²) in [6.07, 6.45) is -1.45. The molecule has 0 radical (unpaired) electrons. The molecule has 0 aromatic carbocycles. The smallest absolute Gasteiger partial charge is 0.197 e. The lowest BCUT2D eigenvalue weighted by Gasteiger charge is -2.13. The fraction of sp³-hybridized carbons (Fsp3) is 1.00. The molecule has 6 heteroatoms. The van der Waals surface area contributed by atoms with Crippen molar-refractivity contribution in [2.75, 3.05) is 12.8 Å². The summed E-state index contributed by atoms with van der Waals surface area (Å²) in [5.74, 6) is 0. The highest BCUT2D eigenvalue weighted by atomic mass is 31.2. The zero-order valence-corrected chi connectivity index (χ0v) is 7.24. The van der Waals surface area contributed by atoms with E-state index in [0.29, 0.717) is 0 Å². The molecular weight excluding hydrogens is 169 g/mol. The van der Waals surface area contributed by atoms with Crippen LogP contribution in [0.15, 0.2) is 0 Å². The standard InChI is InChI=1S/C5H14NO4P/c1-11(9,10)3-2-4(6)5(7)8/h4-5,7-8H,2-3,6H2,1H3,(H,9,10)/t4-/m0/s1. The predicted octanol–water partition coefficient (Wildman–Crippen LogP) is -1.09. The quantitative estimate of drug-likeness (QED) is 0.327. The van der Waals surface area contributed by atoms with Gasteiger partial charge in [-0.25, -0.2) is 0 Å². The molecule has 2 atom stereocenters. The van der Waals surface area contributed by atoms with Crippen molar-refractivity contribution >= 4 is 7.37 Å². The van der Waals surface area contributed by atoms with Gasteiger partial charge < -0.3 is 20.8 Å². The van der Waals surface area contributed by atoms with E-state index in [1.165, 1.54) is 6.66 Å². The molecule has 0 aromatic rings. The summed E-state index contributed by atoms with van der Waals surface area (Å²) in [6, 6.07) is -0.838. The van der Waals surface area contributed by atoms with Crippen LogP contribution in [0.5, 0.6) is 0 Å². The maximum absolute atomic E-state index is 10.7. The van der Waals surface area contributed by atoms with Crippen molar-refractivity contribution < 1.29 is 19.7 Å². The number of nitrogens with two attached hydrogens (primary N) is 1. The van der Waals surface area contributed by atoms with Crippen LogP contribution < -0.4 is 5.73 Å². The highest BCUT2D eigenvalue weighted by Crippen LogP contribution is 2.35. The van der Waals surface area contributed by atoms with Gasteiger partial charge in [-0.05, 0) is 6.42 Å². The summed E-state index contributed by atoms with van der Waals surface area (Å²) in [4.78, 5) is 8.79. The minimum atomic E-state index is -3.06. The molecule has 5 nitrogen and oxygen atoms in total. The van der Waals surface area contributed by atoms with E-state index in [9.17, 15) is 4.57 Å². The Labute approximate surface area is 65.3 Å².